The first-order chi connectivity index (χ1) is 20.4. The number of nitrogens with zero attached hydrogens (tertiary/aromatic N) is 1. The van der Waals surface area contributed by atoms with Crippen LogP contribution in [-0.4, -0.2) is 48.0 Å². The van der Waals surface area contributed by atoms with E-state index < -0.39 is 35.7 Å². The van der Waals surface area contributed by atoms with Crippen molar-refractivity contribution in [2.45, 2.75) is 71.8 Å². The summed E-state index contributed by atoms with van der Waals surface area (Å²) in [4.78, 5) is 38.8. The summed E-state index contributed by atoms with van der Waals surface area (Å²) >= 11 is 0. The number of carbonyl (C=O) groups is 3. The quantitative estimate of drug-likeness (QED) is 0.223. The third-order valence-electron chi connectivity index (χ3n) is 7.14. The van der Waals surface area contributed by atoms with E-state index in [1.54, 1.807) is 6.92 Å². The van der Waals surface area contributed by atoms with E-state index in [2.05, 4.69) is 33.3 Å². The number of hydrazone groups is 1. The lowest BCUT2D eigenvalue weighted by atomic mass is 9.98. The lowest BCUT2D eigenvalue weighted by Crippen LogP contribution is -2.54. The van der Waals surface area contributed by atoms with Crippen LogP contribution in [-0.2, 0) is 25.6 Å². The van der Waals surface area contributed by atoms with Crippen molar-refractivity contribution >= 4 is 23.6 Å². The zero-order valence-electron chi connectivity index (χ0n) is 25.6. The smallest absolute Gasteiger partial charge is 0.407 e. The fourth-order valence-electron chi connectivity index (χ4n) is 5.06. The van der Waals surface area contributed by atoms with Crippen LogP contribution >= 0.6 is 0 Å². The summed E-state index contributed by atoms with van der Waals surface area (Å²) in [6.07, 6.45) is -1.49. The molecule has 0 fully saturated rings. The molecule has 9 nitrogen and oxygen atoms in total. The number of hydrogen-bond acceptors (Lipinski definition) is 6. The number of carbonyl (C=O) groups excluding carboxylic acids is 3. The predicted octanol–water partition coefficient (Wildman–Crippen LogP) is 5.21. The molecule has 0 radical (unpaired) electrons. The molecule has 0 aliphatic heterocycles. The Morgan fingerprint density at radius 3 is 2.07 bits per heavy atom. The van der Waals surface area contributed by atoms with Gasteiger partial charge in [0.1, 0.15) is 18.4 Å². The van der Waals surface area contributed by atoms with Gasteiger partial charge in [0, 0.05) is 12.5 Å². The summed E-state index contributed by atoms with van der Waals surface area (Å²) in [5.41, 5.74) is 8.35. The fraction of sp³-hybridized carbons (Fsp3) is 0.353. The average Bonchev–Trinajstić information content (AvgIpc) is 3.29. The Morgan fingerprint density at radius 1 is 0.907 bits per heavy atom. The largest absolute Gasteiger partial charge is 0.449 e. The number of alkyl carbamates (subject to hydrolysis) is 1. The van der Waals surface area contributed by atoms with Crippen LogP contribution in [0.25, 0.3) is 11.1 Å². The lowest BCUT2D eigenvalue weighted by molar-refractivity contribution is -0.131. The third-order valence-corrected chi connectivity index (χ3v) is 7.14. The molecule has 9 heteroatoms. The molecule has 3 N–H and O–H groups in total. The van der Waals surface area contributed by atoms with E-state index in [0.717, 1.165) is 33.4 Å². The first kappa shape index (κ1) is 31.4. The van der Waals surface area contributed by atoms with Crippen molar-refractivity contribution in [2.75, 3.05) is 6.61 Å². The summed E-state index contributed by atoms with van der Waals surface area (Å²) in [5.74, 6) is -1.20. The Hall–Kier alpha value is -4.50. The maximum atomic E-state index is 13.2. The Labute approximate surface area is 253 Å². The summed E-state index contributed by atoms with van der Waals surface area (Å²) in [6.45, 7) is 11.2. The van der Waals surface area contributed by atoms with Gasteiger partial charge in [-0.3, -0.25) is 9.59 Å². The van der Waals surface area contributed by atoms with E-state index in [1.807, 2.05) is 88.4 Å². The molecule has 0 bridgehead atoms. The van der Waals surface area contributed by atoms with E-state index in [0.29, 0.717) is 6.54 Å². The van der Waals surface area contributed by atoms with Gasteiger partial charge >= 0.3 is 6.09 Å². The number of nitrogens with one attached hydrogen (secondary N) is 3. The summed E-state index contributed by atoms with van der Waals surface area (Å²) in [6, 6.07) is 22.8. The van der Waals surface area contributed by atoms with E-state index in [1.165, 1.54) is 6.92 Å². The molecule has 1 aliphatic rings. The van der Waals surface area contributed by atoms with Crippen LogP contribution in [0.2, 0.25) is 0 Å². The minimum absolute atomic E-state index is 0.0599. The van der Waals surface area contributed by atoms with E-state index in [4.69, 9.17) is 9.47 Å². The van der Waals surface area contributed by atoms with Gasteiger partial charge in [0.25, 0.3) is 11.8 Å². The first-order valence-electron chi connectivity index (χ1n) is 14.4. The lowest BCUT2D eigenvalue weighted by Gasteiger charge is -2.30. The molecule has 226 valence electrons. The molecule has 0 unspecified atom stereocenters. The van der Waals surface area contributed by atoms with Gasteiger partial charge in [-0.2, -0.15) is 5.10 Å². The maximum Gasteiger partial charge on any atom is 0.407 e. The third kappa shape index (κ3) is 8.29. The molecule has 3 aromatic rings. The molecule has 1 aliphatic carbocycles. The molecule has 0 saturated carbocycles. The summed E-state index contributed by atoms with van der Waals surface area (Å²) < 4.78 is 11.6. The van der Waals surface area contributed by atoms with E-state index in [-0.39, 0.29) is 18.2 Å². The van der Waals surface area contributed by atoms with Gasteiger partial charge in [0.15, 0.2) is 0 Å². The minimum Gasteiger partial charge on any atom is -0.449 e. The number of fused-ring (bicyclic) bond motifs is 3. The van der Waals surface area contributed by atoms with Crippen molar-refractivity contribution in [1.82, 2.24) is 16.1 Å². The van der Waals surface area contributed by atoms with E-state index >= 15 is 0 Å². The highest BCUT2D eigenvalue weighted by Crippen LogP contribution is 2.44. The van der Waals surface area contributed by atoms with Crippen LogP contribution in [0.15, 0.2) is 77.9 Å². The van der Waals surface area contributed by atoms with Crippen LogP contribution in [0.5, 0.6) is 0 Å². The number of ether oxygens (including phenoxy) is 2. The molecule has 0 saturated heterocycles. The monoisotopic (exact) mass is 584 g/mol. The van der Waals surface area contributed by atoms with Crippen LogP contribution in [0.3, 0.4) is 0 Å². The Balaban J connectivity index is 1.39. The van der Waals surface area contributed by atoms with Crippen molar-refractivity contribution in [3.63, 3.8) is 0 Å². The zero-order chi connectivity index (χ0) is 31.1. The normalized spacial score (nSPS) is 14.2. The minimum atomic E-state index is -1.14. The van der Waals surface area contributed by atoms with Gasteiger partial charge in [-0.25, -0.2) is 10.2 Å². The summed E-state index contributed by atoms with van der Waals surface area (Å²) in [5, 5.41) is 9.40. The Kier molecular flexibility index (Phi) is 9.98. The van der Waals surface area contributed by atoms with Gasteiger partial charge < -0.3 is 20.1 Å². The van der Waals surface area contributed by atoms with Crippen molar-refractivity contribution in [2.24, 2.45) is 5.10 Å². The highest BCUT2D eigenvalue weighted by atomic mass is 16.6. The molecule has 3 aromatic carbocycles. The van der Waals surface area contributed by atoms with Crippen molar-refractivity contribution in [1.29, 1.82) is 0 Å². The van der Waals surface area contributed by atoms with Gasteiger partial charge in [-0.15, -0.1) is 0 Å². The van der Waals surface area contributed by atoms with Crippen LogP contribution in [0.4, 0.5) is 4.79 Å². The highest BCUT2D eigenvalue weighted by Gasteiger charge is 2.33. The summed E-state index contributed by atoms with van der Waals surface area (Å²) in [7, 11) is 0. The van der Waals surface area contributed by atoms with Crippen molar-refractivity contribution in [3.8, 4) is 11.1 Å². The standard InChI is InChI=1S/C34H40N4O5/c1-21-15-17-24(18-16-21)19-35-31(39)22(2)37-38-32(40)30(23(3)43-34(4,5)6)36-33(41)42-20-29-27-13-9-7-11-25(27)26-12-8-10-14-28(26)29/h7-18,23,29-30H,19-20H2,1-6H3,(H,35,39)(H,36,41)(H,38,40)/b37-22-/t23-,30+/m1/s1. The van der Waals surface area contributed by atoms with Crippen molar-refractivity contribution < 1.29 is 23.9 Å². The van der Waals surface area contributed by atoms with E-state index in [9.17, 15) is 14.4 Å². The number of benzene rings is 3. The maximum absolute atomic E-state index is 13.2. The fourth-order valence-corrected chi connectivity index (χ4v) is 5.06. The molecule has 4 rings (SSSR count). The number of aryl methyl sites for hydroxylation is 1. The molecule has 0 heterocycles. The second-order valence-corrected chi connectivity index (χ2v) is 11.7. The zero-order valence-corrected chi connectivity index (χ0v) is 25.6. The molecule has 0 aromatic heterocycles. The average molecular weight is 585 g/mol. The number of hydrogen-bond donors (Lipinski definition) is 3. The predicted molar refractivity (Wildman–Crippen MR) is 167 cm³/mol. The Morgan fingerprint density at radius 2 is 1.49 bits per heavy atom. The van der Waals surface area contributed by atoms with Gasteiger partial charge in [0.05, 0.1) is 11.7 Å². The molecular weight excluding hydrogens is 544 g/mol. The van der Waals surface area contributed by atoms with Crippen molar-refractivity contribution in [3.05, 3.63) is 95.1 Å². The number of rotatable bonds is 10. The topological polar surface area (TPSA) is 118 Å². The SMILES string of the molecule is C/C(=N/NC(=O)[C@@H](NC(=O)OCC1c2ccccc2-c2ccccc21)[C@@H](C)OC(C)(C)C)C(=O)NCc1ccc(C)cc1. The van der Waals surface area contributed by atoms with Gasteiger partial charge in [-0.1, -0.05) is 78.4 Å². The molecule has 0 spiro atoms. The first-order valence-corrected chi connectivity index (χ1v) is 14.4. The van der Waals surface area contributed by atoms with Gasteiger partial charge in [-0.05, 0) is 69.4 Å². The van der Waals surface area contributed by atoms with Crippen LogP contribution in [0, 0.1) is 6.92 Å². The Bertz CT molecular complexity index is 1450. The molecule has 2 atom stereocenters. The highest BCUT2D eigenvalue weighted by molar-refractivity contribution is 6.37. The van der Waals surface area contributed by atoms with Crippen LogP contribution < -0.4 is 16.1 Å². The molecule has 3 amide bonds. The second kappa shape index (κ2) is 13.6. The molecule has 43 heavy (non-hydrogen) atoms. The van der Waals surface area contributed by atoms with Gasteiger partial charge in [0.2, 0.25) is 0 Å². The number of amides is 3. The van der Waals surface area contributed by atoms with Crippen LogP contribution in [0.1, 0.15) is 62.8 Å². The second-order valence-electron chi connectivity index (χ2n) is 11.7. The molecular formula is C34H40N4O5.